The fraction of sp³-hybridized carbons (Fsp3) is 1.00. The number of aliphatic hydroxyl groups is 1. The lowest BCUT2D eigenvalue weighted by Gasteiger charge is -2.31. The molecule has 3 atom stereocenters. The lowest BCUT2D eigenvalue weighted by atomic mass is 9.83. The third-order valence-electron chi connectivity index (χ3n) is 4.76. The van der Waals surface area contributed by atoms with Crippen molar-refractivity contribution in [1.82, 2.24) is 0 Å². The monoisotopic (exact) mass is 353 g/mol. The standard InChI is InChI=1S/C16H31NOS2.ClH/c1-12(16-19-8-5-9-20-16)10-15(18)14(17)11-13-6-3-2-4-7-13;/h12-16,18H,2-11,17H2,1H3;1H/t12?,14-,15?;/m0./s1. The molecule has 0 aromatic heterocycles. The maximum atomic E-state index is 10.4. The number of rotatable bonds is 6. The molecule has 1 aliphatic carbocycles. The largest absolute Gasteiger partial charge is 0.392 e. The summed E-state index contributed by atoms with van der Waals surface area (Å²) in [6, 6.07) is -0.0147. The molecule has 0 spiro atoms. The maximum Gasteiger partial charge on any atom is 0.0694 e. The average molecular weight is 354 g/mol. The third-order valence-corrected chi connectivity index (χ3v) is 8.21. The molecule has 1 saturated carbocycles. The predicted octanol–water partition coefficient (Wildman–Crippen LogP) is 4.29. The van der Waals surface area contributed by atoms with Crippen LogP contribution in [0.4, 0.5) is 0 Å². The Labute approximate surface area is 145 Å². The van der Waals surface area contributed by atoms with Gasteiger partial charge in [-0.1, -0.05) is 39.0 Å². The predicted molar refractivity (Wildman–Crippen MR) is 99.5 cm³/mol. The Morgan fingerprint density at radius 1 is 1.10 bits per heavy atom. The van der Waals surface area contributed by atoms with Crippen molar-refractivity contribution in [2.75, 3.05) is 11.5 Å². The molecular weight excluding hydrogens is 322 g/mol. The zero-order valence-electron chi connectivity index (χ0n) is 13.2. The van der Waals surface area contributed by atoms with Crippen LogP contribution in [-0.2, 0) is 0 Å². The molecule has 2 nitrogen and oxygen atoms in total. The molecule has 0 bridgehead atoms. The van der Waals surface area contributed by atoms with Crippen LogP contribution in [0.15, 0.2) is 0 Å². The molecule has 2 aliphatic rings. The Bertz CT molecular complexity index is 271. The van der Waals surface area contributed by atoms with Crippen molar-refractivity contribution >= 4 is 35.9 Å². The minimum absolute atomic E-state index is 0. The van der Waals surface area contributed by atoms with Gasteiger partial charge in [0.05, 0.1) is 10.7 Å². The number of nitrogens with two attached hydrogens (primary N) is 1. The van der Waals surface area contributed by atoms with E-state index in [4.69, 9.17) is 5.73 Å². The van der Waals surface area contributed by atoms with Gasteiger partial charge >= 0.3 is 0 Å². The Balaban J connectivity index is 0.00000220. The first-order valence-electron chi connectivity index (χ1n) is 8.33. The van der Waals surface area contributed by atoms with Crippen LogP contribution in [0.2, 0.25) is 0 Å². The van der Waals surface area contributed by atoms with Gasteiger partial charge in [-0.05, 0) is 42.6 Å². The van der Waals surface area contributed by atoms with E-state index in [1.54, 1.807) is 0 Å². The number of hydrogen-bond acceptors (Lipinski definition) is 4. The van der Waals surface area contributed by atoms with Gasteiger partial charge < -0.3 is 10.8 Å². The first-order valence-corrected chi connectivity index (χ1v) is 10.4. The summed E-state index contributed by atoms with van der Waals surface area (Å²) in [6.45, 7) is 2.28. The Morgan fingerprint density at radius 3 is 2.33 bits per heavy atom. The molecule has 0 amide bonds. The van der Waals surface area contributed by atoms with E-state index in [-0.39, 0.29) is 24.6 Å². The average Bonchev–Trinajstić information content (AvgIpc) is 2.49. The lowest BCUT2D eigenvalue weighted by Crippen LogP contribution is -2.38. The summed E-state index contributed by atoms with van der Waals surface area (Å²) in [5, 5.41) is 10.4. The second-order valence-electron chi connectivity index (χ2n) is 6.65. The number of thioether (sulfide) groups is 2. The zero-order valence-corrected chi connectivity index (χ0v) is 15.7. The van der Waals surface area contributed by atoms with Gasteiger partial charge in [0.15, 0.2) is 0 Å². The lowest BCUT2D eigenvalue weighted by molar-refractivity contribution is 0.105. The molecule has 1 heterocycles. The van der Waals surface area contributed by atoms with E-state index in [1.807, 2.05) is 0 Å². The molecule has 3 N–H and O–H groups in total. The van der Waals surface area contributed by atoms with E-state index in [9.17, 15) is 5.11 Å². The van der Waals surface area contributed by atoms with Crippen LogP contribution in [0.3, 0.4) is 0 Å². The first-order chi connectivity index (χ1) is 9.66. The SMILES string of the molecule is CC(CC(O)[C@@H](N)CC1CCCCC1)C1SCCCS1.Cl. The normalized spacial score (nSPS) is 25.9. The first kappa shape index (κ1) is 20.0. The second kappa shape index (κ2) is 10.6. The minimum Gasteiger partial charge on any atom is -0.392 e. The van der Waals surface area contributed by atoms with Gasteiger partial charge in [0.25, 0.3) is 0 Å². The molecule has 1 aliphatic heterocycles. The Kier molecular flexibility index (Phi) is 10.1. The van der Waals surface area contributed by atoms with Gasteiger partial charge in [0.1, 0.15) is 0 Å². The van der Waals surface area contributed by atoms with Crippen LogP contribution in [0.5, 0.6) is 0 Å². The molecule has 2 rings (SSSR count). The summed E-state index contributed by atoms with van der Waals surface area (Å²) < 4.78 is 0.667. The molecule has 1 saturated heterocycles. The van der Waals surface area contributed by atoms with Crippen molar-refractivity contribution in [2.45, 2.75) is 75.0 Å². The molecule has 2 unspecified atom stereocenters. The highest BCUT2D eigenvalue weighted by Crippen LogP contribution is 2.38. The summed E-state index contributed by atoms with van der Waals surface area (Å²) in [7, 11) is 0. The van der Waals surface area contributed by atoms with Gasteiger partial charge in [0.2, 0.25) is 0 Å². The minimum atomic E-state index is -0.310. The topological polar surface area (TPSA) is 46.2 Å². The smallest absolute Gasteiger partial charge is 0.0694 e. The van der Waals surface area contributed by atoms with Crippen LogP contribution in [0, 0.1) is 11.8 Å². The van der Waals surface area contributed by atoms with Crippen molar-refractivity contribution < 1.29 is 5.11 Å². The molecule has 21 heavy (non-hydrogen) atoms. The highest BCUT2D eigenvalue weighted by atomic mass is 35.5. The van der Waals surface area contributed by atoms with E-state index in [1.165, 1.54) is 50.0 Å². The highest BCUT2D eigenvalue weighted by molar-refractivity contribution is 8.17. The molecule has 0 radical (unpaired) electrons. The van der Waals surface area contributed by atoms with Gasteiger partial charge in [-0.2, -0.15) is 0 Å². The summed E-state index contributed by atoms with van der Waals surface area (Å²) >= 11 is 4.14. The van der Waals surface area contributed by atoms with Crippen molar-refractivity contribution in [2.24, 2.45) is 17.6 Å². The van der Waals surface area contributed by atoms with Crippen molar-refractivity contribution in [3.05, 3.63) is 0 Å². The summed E-state index contributed by atoms with van der Waals surface area (Å²) in [5.41, 5.74) is 6.26. The quantitative estimate of drug-likeness (QED) is 0.747. The third kappa shape index (κ3) is 6.90. The van der Waals surface area contributed by atoms with Crippen LogP contribution in [0.25, 0.3) is 0 Å². The van der Waals surface area contributed by atoms with Crippen molar-refractivity contribution in [3.8, 4) is 0 Å². The van der Waals surface area contributed by atoms with Crippen LogP contribution < -0.4 is 5.73 Å². The van der Waals surface area contributed by atoms with Crippen molar-refractivity contribution in [3.63, 3.8) is 0 Å². The maximum absolute atomic E-state index is 10.4. The van der Waals surface area contributed by atoms with Gasteiger partial charge in [-0.25, -0.2) is 0 Å². The van der Waals surface area contributed by atoms with E-state index in [0.717, 1.165) is 18.8 Å². The number of aliphatic hydroxyl groups excluding tert-OH is 1. The van der Waals surface area contributed by atoms with E-state index in [0.29, 0.717) is 10.5 Å². The molecule has 126 valence electrons. The Hall–Kier alpha value is 0.910. The Morgan fingerprint density at radius 2 is 1.71 bits per heavy atom. The van der Waals surface area contributed by atoms with E-state index in [2.05, 4.69) is 30.4 Å². The summed E-state index contributed by atoms with van der Waals surface area (Å²) in [6.07, 6.45) is 9.68. The number of halogens is 1. The summed E-state index contributed by atoms with van der Waals surface area (Å²) in [5.74, 6) is 3.90. The fourth-order valence-electron chi connectivity index (χ4n) is 3.47. The second-order valence-corrected chi connectivity index (χ2v) is 9.44. The van der Waals surface area contributed by atoms with E-state index < -0.39 is 0 Å². The number of hydrogen-bond donors (Lipinski definition) is 2. The van der Waals surface area contributed by atoms with Gasteiger partial charge in [-0.3, -0.25) is 0 Å². The van der Waals surface area contributed by atoms with Crippen molar-refractivity contribution in [1.29, 1.82) is 0 Å². The zero-order chi connectivity index (χ0) is 14.4. The summed E-state index contributed by atoms with van der Waals surface area (Å²) in [4.78, 5) is 0. The molecule has 0 aromatic rings. The van der Waals surface area contributed by atoms with Gasteiger partial charge in [-0.15, -0.1) is 35.9 Å². The van der Waals surface area contributed by atoms with Crippen LogP contribution in [0.1, 0.15) is 58.3 Å². The molecule has 2 fully saturated rings. The van der Waals surface area contributed by atoms with Crippen LogP contribution in [-0.4, -0.2) is 33.3 Å². The fourth-order valence-corrected chi connectivity index (χ4v) is 6.58. The van der Waals surface area contributed by atoms with Crippen LogP contribution >= 0.6 is 35.9 Å². The van der Waals surface area contributed by atoms with E-state index >= 15 is 0 Å². The van der Waals surface area contributed by atoms with Gasteiger partial charge in [0, 0.05) is 6.04 Å². The molecular formula is C16H32ClNOS2. The highest BCUT2D eigenvalue weighted by Gasteiger charge is 2.27. The molecule has 0 aromatic carbocycles. The molecule has 5 heteroatoms.